The first-order valence-electron chi connectivity index (χ1n) is 8.26. The maximum absolute atomic E-state index is 11.3. The van der Waals surface area contributed by atoms with E-state index in [9.17, 15) is 9.90 Å². The topological polar surface area (TPSA) is 87.1 Å². The number of aromatic carboxylic acids is 1. The highest BCUT2D eigenvalue weighted by molar-refractivity contribution is 5.95. The van der Waals surface area contributed by atoms with Gasteiger partial charge in [0.1, 0.15) is 17.5 Å². The van der Waals surface area contributed by atoms with E-state index in [4.69, 9.17) is 0 Å². The maximum atomic E-state index is 11.3. The molecule has 0 amide bonds. The van der Waals surface area contributed by atoms with Crippen LogP contribution in [0.5, 0.6) is 0 Å². The second kappa shape index (κ2) is 7.65. The Labute approximate surface area is 152 Å². The van der Waals surface area contributed by atoms with Crippen molar-refractivity contribution in [3.8, 4) is 0 Å². The second-order valence-electron chi connectivity index (χ2n) is 6.00. The van der Waals surface area contributed by atoms with Crippen molar-refractivity contribution in [1.82, 2.24) is 9.97 Å². The van der Waals surface area contributed by atoms with Crippen molar-refractivity contribution >= 4 is 23.3 Å². The molecule has 0 bridgehead atoms. The molecule has 0 aliphatic rings. The molecular weight excluding hydrogens is 328 g/mol. The molecule has 3 rings (SSSR count). The Morgan fingerprint density at radius 1 is 1.00 bits per heavy atom. The number of aryl methyl sites for hydroxylation is 2. The number of carboxylic acid groups (broad SMARTS) is 1. The Kier molecular flexibility index (Phi) is 5.12. The van der Waals surface area contributed by atoms with Crippen LogP contribution in [-0.2, 0) is 6.54 Å². The van der Waals surface area contributed by atoms with E-state index in [1.54, 1.807) is 37.3 Å². The molecule has 0 saturated carbocycles. The summed E-state index contributed by atoms with van der Waals surface area (Å²) >= 11 is 0. The monoisotopic (exact) mass is 348 g/mol. The van der Waals surface area contributed by atoms with Gasteiger partial charge >= 0.3 is 5.97 Å². The van der Waals surface area contributed by atoms with E-state index in [-0.39, 0.29) is 5.56 Å². The molecule has 0 radical (unpaired) electrons. The van der Waals surface area contributed by atoms with Crippen LogP contribution in [0.2, 0.25) is 0 Å². The van der Waals surface area contributed by atoms with Crippen LogP contribution in [0.25, 0.3) is 0 Å². The van der Waals surface area contributed by atoms with Crippen LogP contribution in [0.15, 0.2) is 54.6 Å². The number of rotatable bonds is 6. The van der Waals surface area contributed by atoms with E-state index in [0.717, 1.165) is 5.56 Å². The molecule has 3 aromatic rings. The number of nitrogens with zero attached hydrogens (tertiary/aromatic N) is 2. The minimum Gasteiger partial charge on any atom is -0.478 e. The fourth-order valence-corrected chi connectivity index (χ4v) is 2.54. The Morgan fingerprint density at radius 3 is 2.42 bits per heavy atom. The van der Waals surface area contributed by atoms with Gasteiger partial charge in [-0.3, -0.25) is 0 Å². The van der Waals surface area contributed by atoms with Gasteiger partial charge in [0, 0.05) is 12.6 Å². The van der Waals surface area contributed by atoms with Gasteiger partial charge in [0.05, 0.1) is 11.3 Å². The first-order chi connectivity index (χ1) is 12.5. The van der Waals surface area contributed by atoms with E-state index in [1.807, 2.05) is 0 Å². The molecule has 0 unspecified atom stereocenters. The third-order valence-corrected chi connectivity index (χ3v) is 3.85. The largest absolute Gasteiger partial charge is 0.478 e. The lowest BCUT2D eigenvalue weighted by Crippen LogP contribution is -2.07. The summed E-state index contributed by atoms with van der Waals surface area (Å²) < 4.78 is 0. The number of anilines is 3. The third-order valence-electron chi connectivity index (χ3n) is 3.85. The van der Waals surface area contributed by atoms with Gasteiger partial charge in [0.15, 0.2) is 0 Å². The first kappa shape index (κ1) is 17.4. The molecule has 0 atom stereocenters. The SMILES string of the molecule is Cc1ccc(CNc2cc(Nc3ccccc3C(=O)O)nc(C)n2)cc1. The Morgan fingerprint density at radius 2 is 1.69 bits per heavy atom. The molecule has 2 aromatic carbocycles. The van der Waals surface area contributed by atoms with E-state index >= 15 is 0 Å². The van der Waals surface area contributed by atoms with Gasteiger partial charge in [-0.15, -0.1) is 0 Å². The standard InChI is InChI=1S/C20H20N4O2/c1-13-7-9-15(10-8-13)12-21-18-11-19(23-14(2)22-18)24-17-6-4-3-5-16(17)20(25)26/h3-11H,12H2,1-2H3,(H,25,26)(H2,21,22,23,24). The molecule has 0 aliphatic carbocycles. The molecule has 0 spiro atoms. The lowest BCUT2D eigenvalue weighted by molar-refractivity contribution is 0.0698. The lowest BCUT2D eigenvalue weighted by atomic mass is 10.1. The van der Waals surface area contributed by atoms with Crippen molar-refractivity contribution < 1.29 is 9.90 Å². The molecular formula is C20H20N4O2. The van der Waals surface area contributed by atoms with Gasteiger partial charge in [0.25, 0.3) is 0 Å². The minimum absolute atomic E-state index is 0.193. The molecule has 6 heteroatoms. The molecule has 1 aromatic heterocycles. The Balaban J connectivity index is 1.77. The summed E-state index contributed by atoms with van der Waals surface area (Å²) in [5, 5.41) is 15.6. The molecule has 132 valence electrons. The number of carboxylic acids is 1. The molecule has 0 aliphatic heterocycles. The number of aromatic nitrogens is 2. The highest BCUT2D eigenvalue weighted by atomic mass is 16.4. The zero-order valence-electron chi connectivity index (χ0n) is 14.7. The summed E-state index contributed by atoms with van der Waals surface area (Å²) in [4.78, 5) is 20.1. The Hall–Kier alpha value is -3.41. The molecule has 6 nitrogen and oxygen atoms in total. The normalized spacial score (nSPS) is 10.4. The molecule has 26 heavy (non-hydrogen) atoms. The predicted molar refractivity (Wildman–Crippen MR) is 102 cm³/mol. The highest BCUT2D eigenvalue weighted by Gasteiger charge is 2.10. The van der Waals surface area contributed by atoms with Crippen molar-refractivity contribution in [1.29, 1.82) is 0 Å². The average molecular weight is 348 g/mol. The number of carbonyl (C=O) groups is 1. The molecule has 0 saturated heterocycles. The Bertz CT molecular complexity index is 923. The van der Waals surface area contributed by atoms with Crippen LogP contribution in [0.4, 0.5) is 17.3 Å². The summed E-state index contributed by atoms with van der Waals surface area (Å²) in [6.07, 6.45) is 0. The van der Waals surface area contributed by atoms with Crippen molar-refractivity contribution in [2.24, 2.45) is 0 Å². The number of hydrogen-bond donors (Lipinski definition) is 3. The third kappa shape index (κ3) is 4.36. The minimum atomic E-state index is -0.989. The summed E-state index contributed by atoms with van der Waals surface area (Å²) in [5.41, 5.74) is 3.05. The quantitative estimate of drug-likeness (QED) is 0.620. The fourth-order valence-electron chi connectivity index (χ4n) is 2.54. The average Bonchev–Trinajstić information content (AvgIpc) is 2.61. The summed E-state index contributed by atoms with van der Waals surface area (Å²) in [6, 6.07) is 16.8. The van der Waals surface area contributed by atoms with Crippen molar-refractivity contribution in [2.45, 2.75) is 20.4 Å². The van der Waals surface area contributed by atoms with Crippen LogP contribution >= 0.6 is 0 Å². The van der Waals surface area contributed by atoms with Crippen LogP contribution < -0.4 is 10.6 Å². The first-order valence-corrected chi connectivity index (χ1v) is 8.26. The number of nitrogens with one attached hydrogen (secondary N) is 2. The zero-order valence-corrected chi connectivity index (χ0v) is 14.7. The fraction of sp³-hybridized carbons (Fsp3) is 0.150. The van der Waals surface area contributed by atoms with E-state index in [0.29, 0.717) is 29.7 Å². The van der Waals surface area contributed by atoms with Gasteiger partial charge in [-0.2, -0.15) is 0 Å². The molecule has 1 heterocycles. The van der Waals surface area contributed by atoms with Crippen molar-refractivity contribution in [3.05, 3.63) is 77.1 Å². The second-order valence-corrected chi connectivity index (χ2v) is 6.00. The lowest BCUT2D eigenvalue weighted by Gasteiger charge is -2.12. The van der Waals surface area contributed by atoms with Crippen LogP contribution in [-0.4, -0.2) is 21.0 Å². The molecule has 3 N–H and O–H groups in total. The van der Waals surface area contributed by atoms with Crippen LogP contribution in [0.3, 0.4) is 0 Å². The maximum Gasteiger partial charge on any atom is 0.337 e. The molecule has 0 fully saturated rings. The van der Waals surface area contributed by atoms with E-state index < -0.39 is 5.97 Å². The highest BCUT2D eigenvalue weighted by Crippen LogP contribution is 2.21. The van der Waals surface area contributed by atoms with Gasteiger partial charge < -0.3 is 15.7 Å². The van der Waals surface area contributed by atoms with Gasteiger partial charge in [0.2, 0.25) is 0 Å². The van der Waals surface area contributed by atoms with Gasteiger partial charge in [-0.1, -0.05) is 42.0 Å². The van der Waals surface area contributed by atoms with Crippen LogP contribution in [0, 0.1) is 13.8 Å². The summed E-state index contributed by atoms with van der Waals surface area (Å²) in [7, 11) is 0. The van der Waals surface area contributed by atoms with Gasteiger partial charge in [-0.25, -0.2) is 14.8 Å². The number of para-hydroxylation sites is 1. The summed E-state index contributed by atoms with van der Waals surface area (Å²) in [5.74, 6) is 0.816. The zero-order chi connectivity index (χ0) is 18.5. The van der Waals surface area contributed by atoms with Crippen molar-refractivity contribution in [3.63, 3.8) is 0 Å². The van der Waals surface area contributed by atoms with Crippen molar-refractivity contribution in [2.75, 3.05) is 10.6 Å². The summed E-state index contributed by atoms with van der Waals surface area (Å²) in [6.45, 7) is 4.49. The van der Waals surface area contributed by atoms with E-state index in [1.165, 1.54) is 5.56 Å². The van der Waals surface area contributed by atoms with E-state index in [2.05, 4.69) is 51.8 Å². The van der Waals surface area contributed by atoms with Crippen LogP contribution in [0.1, 0.15) is 27.3 Å². The predicted octanol–water partition coefficient (Wildman–Crippen LogP) is 4.15. The van der Waals surface area contributed by atoms with Gasteiger partial charge in [-0.05, 0) is 31.5 Å². The number of hydrogen-bond acceptors (Lipinski definition) is 5. The number of benzene rings is 2. The smallest absolute Gasteiger partial charge is 0.337 e.